The van der Waals surface area contributed by atoms with Crippen molar-refractivity contribution < 1.29 is 8.42 Å². The normalized spacial score (nSPS) is 12.0. The molecule has 0 spiro atoms. The Labute approximate surface area is 192 Å². The fraction of sp³-hybridized carbons (Fsp3) is 0.273. The molecule has 1 N–H and O–H groups in total. The molecule has 0 radical (unpaired) electrons. The van der Waals surface area contributed by atoms with Gasteiger partial charge < -0.3 is 0 Å². The zero-order chi connectivity index (χ0) is 22.3. The molecule has 0 fully saturated rings. The second kappa shape index (κ2) is 10.9. The van der Waals surface area contributed by atoms with E-state index in [-0.39, 0.29) is 4.90 Å². The number of nitrogens with one attached hydrogen (secondary N) is 1. The van der Waals surface area contributed by atoms with E-state index in [0.717, 1.165) is 24.0 Å². The lowest BCUT2D eigenvalue weighted by Crippen LogP contribution is -2.32. The van der Waals surface area contributed by atoms with Gasteiger partial charge in [0.2, 0.25) is 15.2 Å². The van der Waals surface area contributed by atoms with Gasteiger partial charge >= 0.3 is 0 Å². The summed E-state index contributed by atoms with van der Waals surface area (Å²) < 4.78 is 27.7. The standard InChI is InChI=1S/C22H25ClN4O2S2/c1-3-12-27(13-4-2)31(28,29)20-7-5-6-18(14-20)21-16-30-22(25-21)26-24-15-17-8-10-19(23)11-9-17/h5-11,14-16H,3-4,12-13H2,1-2H3,(H,25,26)/b24-15+. The third kappa shape index (κ3) is 6.13. The van der Waals surface area contributed by atoms with Crippen LogP contribution in [0.2, 0.25) is 5.02 Å². The predicted octanol–water partition coefficient (Wildman–Crippen LogP) is 5.72. The minimum absolute atomic E-state index is 0.287. The Hall–Kier alpha value is -2.26. The second-order valence-corrected chi connectivity index (χ2v) is 10.1. The molecule has 0 aliphatic carbocycles. The molecule has 164 valence electrons. The Morgan fingerprint density at radius 3 is 2.52 bits per heavy atom. The van der Waals surface area contributed by atoms with Gasteiger partial charge in [-0.25, -0.2) is 13.4 Å². The second-order valence-electron chi connectivity index (χ2n) is 6.89. The van der Waals surface area contributed by atoms with E-state index < -0.39 is 10.0 Å². The van der Waals surface area contributed by atoms with Crippen molar-refractivity contribution >= 4 is 44.3 Å². The first-order valence-electron chi connectivity index (χ1n) is 10.0. The maximum absolute atomic E-state index is 13.1. The number of halogens is 1. The molecule has 0 aliphatic rings. The van der Waals surface area contributed by atoms with Crippen LogP contribution >= 0.6 is 22.9 Å². The zero-order valence-corrected chi connectivity index (χ0v) is 19.8. The molecular formula is C22H25ClN4O2S2. The Kier molecular flexibility index (Phi) is 8.20. The fourth-order valence-electron chi connectivity index (χ4n) is 2.98. The SMILES string of the molecule is CCCN(CCC)S(=O)(=O)c1cccc(-c2csc(N/N=C/c3ccc(Cl)cc3)n2)c1. The molecule has 0 unspecified atom stereocenters. The van der Waals surface area contributed by atoms with Crippen molar-refractivity contribution in [2.75, 3.05) is 18.5 Å². The summed E-state index contributed by atoms with van der Waals surface area (Å²) in [7, 11) is -3.54. The Bertz CT molecular complexity index is 1120. The maximum Gasteiger partial charge on any atom is 0.243 e. The topological polar surface area (TPSA) is 74.7 Å². The molecule has 1 heterocycles. The highest BCUT2D eigenvalue weighted by Crippen LogP contribution is 2.28. The number of thiazole rings is 1. The molecule has 0 atom stereocenters. The predicted molar refractivity (Wildman–Crippen MR) is 130 cm³/mol. The minimum Gasteiger partial charge on any atom is -0.253 e. The van der Waals surface area contributed by atoms with Crippen molar-refractivity contribution in [2.45, 2.75) is 31.6 Å². The van der Waals surface area contributed by atoms with Gasteiger partial charge in [0, 0.05) is 29.1 Å². The number of nitrogens with zero attached hydrogens (tertiary/aromatic N) is 3. The van der Waals surface area contributed by atoms with E-state index in [1.165, 1.54) is 11.3 Å². The number of sulfonamides is 1. The summed E-state index contributed by atoms with van der Waals surface area (Å²) in [6.45, 7) is 4.98. The molecule has 9 heteroatoms. The van der Waals surface area contributed by atoms with Gasteiger partial charge in [-0.15, -0.1) is 11.3 Å². The van der Waals surface area contributed by atoms with Crippen LogP contribution in [-0.4, -0.2) is 37.0 Å². The molecule has 2 aromatic carbocycles. The van der Waals surface area contributed by atoms with Gasteiger partial charge in [-0.1, -0.05) is 49.7 Å². The first-order valence-corrected chi connectivity index (χ1v) is 12.7. The number of rotatable bonds is 10. The zero-order valence-electron chi connectivity index (χ0n) is 17.5. The van der Waals surface area contributed by atoms with Crippen LogP contribution in [0.1, 0.15) is 32.3 Å². The van der Waals surface area contributed by atoms with Crippen LogP contribution in [0.4, 0.5) is 5.13 Å². The summed E-state index contributed by atoms with van der Waals surface area (Å²) in [6, 6.07) is 14.3. The van der Waals surface area contributed by atoms with Gasteiger partial charge in [0.05, 0.1) is 16.8 Å². The Morgan fingerprint density at radius 2 is 1.84 bits per heavy atom. The highest BCUT2D eigenvalue weighted by molar-refractivity contribution is 7.89. The summed E-state index contributed by atoms with van der Waals surface area (Å²) in [6.07, 6.45) is 3.23. The lowest BCUT2D eigenvalue weighted by molar-refractivity contribution is 0.410. The Morgan fingerprint density at radius 1 is 1.13 bits per heavy atom. The number of anilines is 1. The highest BCUT2D eigenvalue weighted by Gasteiger charge is 2.23. The summed E-state index contributed by atoms with van der Waals surface area (Å²) >= 11 is 7.28. The smallest absolute Gasteiger partial charge is 0.243 e. The van der Waals surface area contributed by atoms with Crippen molar-refractivity contribution in [3.8, 4) is 11.3 Å². The van der Waals surface area contributed by atoms with Crippen LogP contribution in [0.25, 0.3) is 11.3 Å². The molecule has 0 saturated heterocycles. The van der Waals surface area contributed by atoms with Crippen molar-refractivity contribution in [2.24, 2.45) is 5.10 Å². The summed E-state index contributed by atoms with van der Waals surface area (Å²) in [5.74, 6) is 0. The van der Waals surface area contributed by atoms with Crippen molar-refractivity contribution in [1.29, 1.82) is 0 Å². The van der Waals surface area contributed by atoms with Crippen LogP contribution in [-0.2, 0) is 10.0 Å². The van der Waals surface area contributed by atoms with Gasteiger partial charge in [0.25, 0.3) is 0 Å². The fourth-order valence-corrected chi connectivity index (χ4v) is 5.45. The van der Waals surface area contributed by atoms with E-state index in [9.17, 15) is 8.42 Å². The first-order chi connectivity index (χ1) is 14.9. The summed E-state index contributed by atoms with van der Waals surface area (Å²) in [5, 5.41) is 7.36. The molecule has 6 nitrogen and oxygen atoms in total. The molecule has 3 rings (SSSR count). The van der Waals surface area contributed by atoms with Crippen LogP contribution in [0, 0.1) is 0 Å². The molecule has 0 saturated carbocycles. The van der Waals surface area contributed by atoms with E-state index >= 15 is 0 Å². The lowest BCUT2D eigenvalue weighted by atomic mass is 10.2. The maximum atomic E-state index is 13.1. The average molecular weight is 477 g/mol. The van der Waals surface area contributed by atoms with Gasteiger partial charge in [0.15, 0.2) is 0 Å². The molecule has 0 bridgehead atoms. The molecule has 31 heavy (non-hydrogen) atoms. The molecule has 1 aromatic heterocycles. The number of benzene rings is 2. The molecular weight excluding hydrogens is 452 g/mol. The molecule has 0 amide bonds. The number of hydrazone groups is 1. The third-order valence-electron chi connectivity index (χ3n) is 4.46. The van der Waals surface area contributed by atoms with Crippen molar-refractivity contribution in [1.82, 2.24) is 9.29 Å². The first kappa shape index (κ1) is 23.4. The van der Waals surface area contributed by atoms with E-state index in [1.807, 2.05) is 37.4 Å². The number of hydrogen-bond acceptors (Lipinski definition) is 6. The van der Waals surface area contributed by atoms with Crippen molar-refractivity contribution in [3.63, 3.8) is 0 Å². The molecule has 3 aromatic rings. The van der Waals surface area contributed by atoms with E-state index in [0.29, 0.717) is 28.9 Å². The minimum atomic E-state index is -3.54. The number of hydrogen-bond donors (Lipinski definition) is 1. The van der Waals surface area contributed by atoms with Crippen LogP contribution < -0.4 is 5.43 Å². The van der Waals surface area contributed by atoms with E-state index in [1.54, 1.807) is 40.9 Å². The highest BCUT2D eigenvalue weighted by atomic mass is 35.5. The van der Waals surface area contributed by atoms with E-state index in [4.69, 9.17) is 11.6 Å². The number of aromatic nitrogens is 1. The van der Waals surface area contributed by atoms with E-state index in [2.05, 4.69) is 15.5 Å². The van der Waals surface area contributed by atoms with Crippen molar-refractivity contribution in [3.05, 3.63) is 64.5 Å². The van der Waals surface area contributed by atoms with Crippen LogP contribution in [0.3, 0.4) is 0 Å². The van der Waals surface area contributed by atoms with Crippen LogP contribution in [0.15, 0.2) is 63.9 Å². The quantitative estimate of drug-likeness (QED) is 0.300. The van der Waals surface area contributed by atoms with Gasteiger partial charge in [-0.2, -0.15) is 9.41 Å². The van der Waals surface area contributed by atoms with Gasteiger partial charge in [-0.05, 0) is 42.7 Å². The third-order valence-corrected chi connectivity index (χ3v) is 7.36. The largest absolute Gasteiger partial charge is 0.253 e. The lowest BCUT2D eigenvalue weighted by Gasteiger charge is -2.21. The van der Waals surface area contributed by atoms with Crippen LogP contribution in [0.5, 0.6) is 0 Å². The summed E-state index contributed by atoms with van der Waals surface area (Å²) in [4.78, 5) is 4.82. The summed E-state index contributed by atoms with van der Waals surface area (Å²) in [5.41, 5.74) is 5.27. The van der Waals surface area contributed by atoms with Gasteiger partial charge in [0.1, 0.15) is 0 Å². The average Bonchev–Trinajstić information content (AvgIpc) is 3.24. The monoisotopic (exact) mass is 476 g/mol. The van der Waals surface area contributed by atoms with Gasteiger partial charge in [-0.3, -0.25) is 5.43 Å². The molecule has 0 aliphatic heterocycles. The Balaban J connectivity index is 1.75.